The Morgan fingerprint density at radius 2 is 1.72 bits per heavy atom. The Bertz CT molecular complexity index is 754. The standard InChI is InChI=1S/C21H29N3O4.HI/c1-5-27-19-11-8-17(14-20(19)26-4)24-21(22-2)23-15-16-6-9-18(10-7-16)28-13-12-25-3;/h6-11,14H,5,12-13,15H2,1-4H3,(H2,22,23,24);1H. The number of guanidine groups is 1. The Kier molecular flexibility index (Phi) is 11.9. The van der Waals surface area contributed by atoms with Crippen molar-refractivity contribution in [3.63, 3.8) is 0 Å². The highest BCUT2D eigenvalue weighted by atomic mass is 127. The van der Waals surface area contributed by atoms with Gasteiger partial charge in [-0.05, 0) is 36.8 Å². The maximum Gasteiger partial charge on any atom is 0.195 e. The van der Waals surface area contributed by atoms with Gasteiger partial charge in [0.2, 0.25) is 0 Å². The molecule has 0 aliphatic carbocycles. The number of hydrogen-bond donors (Lipinski definition) is 2. The zero-order valence-electron chi connectivity index (χ0n) is 17.4. The van der Waals surface area contributed by atoms with Crippen molar-refractivity contribution in [1.29, 1.82) is 0 Å². The molecule has 0 saturated carbocycles. The van der Waals surface area contributed by atoms with Crippen LogP contribution in [-0.2, 0) is 11.3 Å². The van der Waals surface area contributed by atoms with Gasteiger partial charge in [-0.3, -0.25) is 4.99 Å². The van der Waals surface area contributed by atoms with Crippen LogP contribution in [0.5, 0.6) is 17.2 Å². The van der Waals surface area contributed by atoms with Crippen molar-refractivity contribution in [2.75, 3.05) is 46.4 Å². The lowest BCUT2D eigenvalue weighted by Gasteiger charge is -2.15. The van der Waals surface area contributed by atoms with E-state index < -0.39 is 0 Å². The van der Waals surface area contributed by atoms with Crippen molar-refractivity contribution < 1.29 is 18.9 Å². The summed E-state index contributed by atoms with van der Waals surface area (Å²) in [5, 5.41) is 6.54. The van der Waals surface area contributed by atoms with Crippen molar-refractivity contribution in [2.45, 2.75) is 13.5 Å². The number of nitrogens with zero attached hydrogens (tertiary/aromatic N) is 1. The summed E-state index contributed by atoms with van der Waals surface area (Å²) in [6.07, 6.45) is 0. The van der Waals surface area contributed by atoms with Crippen LogP contribution in [0.2, 0.25) is 0 Å². The van der Waals surface area contributed by atoms with Crippen molar-refractivity contribution in [3.05, 3.63) is 48.0 Å². The highest BCUT2D eigenvalue weighted by Gasteiger charge is 2.07. The van der Waals surface area contributed by atoms with Crippen LogP contribution in [0.25, 0.3) is 0 Å². The molecular formula is C21H30IN3O4. The number of benzene rings is 2. The molecule has 160 valence electrons. The van der Waals surface area contributed by atoms with E-state index in [1.54, 1.807) is 21.3 Å². The molecule has 0 heterocycles. The van der Waals surface area contributed by atoms with Crippen LogP contribution in [-0.4, -0.2) is 47.0 Å². The van der Waals surface area contributed by atoms with Gasteiger partial charge in [-0.1, -0.05) is 12.1 Å². The predicted octanol–water partition coefficient (Wildman–Crippen LogP) is 3.92. The minimum absolute atomic E-state index is 0. The van der Waals surface area contributed by atoms with Gasteiger partial charge in [-0.25, -0.2) is 0 Å². The molecule has 0 bridgehead atoms. The number of rotatable bonds is 10. The first kappa shape index (κ1) is 24.8. The maximum absolute atomic E-state index is 5.57. The number of anilines is 1. The number of halogens is 1. The lowest BCUT2D eigenvalue weighted by atomic mass is 10.2. The third-order valence-electron chi connectivity index (χ3n) is 3.89. The van der Waals surface area contributed by atoms with Gasteiger partial charge in [-0.2, -0.15) is 0 Å². The lowest BCUT2D eigenvalue weighted by molar-refractivity contribution is 0.146. The van der Waals surface area contributed by atoms with E-state index in [0.717, 1.165) is 17.0 Å². The topological polar surface area (TPSA) is 73.3 Å². The van der Waals surface area contributed by atoms with E-state index in [1.165, 1.54) is 0 Å². The second kappa shape index (κ2) is 13.9. The van der Waals surface area contributed by atoms with Gasteiger partial charge >= 0.3 is 0 Å². The first-order valence-corrected chi connectivity index (χ1v) is 9.19. The summed E-state index contributed by atoms with van der Waals surface area (Å²) in [6, 6.07) is 13.6. The molecule has 0 aromatic heterocycles. The average Bonchev–Trinajstić information content (AvgIpc) is 2.73. The molecule has 0 radical (unpaired) electrons. The minimum atomic E-state index is 0. The fourth-order valence-electron chi connectivity index (χ4n) is 2.47. The predicted molar refractivity (Wildman–Crippen MR) is 127 cm³/mol. The molecule has 7 nitrogen and oxygen atoms in total. The first-order chi connectivity index (χ1) is 13.7. The average molecular weight is 515 g/mol. The molecule has 2 N–H and O–H groups in total. The Morgan fingerprint density at radius 3 is 2.34 bits per heavy atom. The first-order valence-electron chi connectivity index (χ1n) is 9.19. The Labute approximate surface area is 189 Å². The van der Waals surface area contributed by atoms with Gasteiger partial charge in [0, 0.05) is 32.5 Å². The minimum Gasteiger partial charge on any atom is -0.493 e. The summed E-state index contributed by atoms with van der Waals surface area (Å²) in [5.41, 5.74) is 1.97. The Balaban J connectivity index is 0.00000420. The van der Waals surface area contributed by atoms with Crippen LogP contribution in [0, 0.1) is 0 Å². The summed E-state index contributed by atoms with van der Waals surface area (Å²) in [7, 11) is 5.01. The van der Waals surface area contributed by atoms with Gasteiger partial charge in [0.05, 0.1) is 20.3 Å². The molecule has 0 saturated heterocycles. The van der Waals surface area contributed by atoms with E-state index in [4.69, 9.17) is 18.9 Å². The van der Waals surface area contributed by atoms with Gasteiger partial charge in [-0.15, -0.1) is 24.0 Å². The van der Waals surface area contributed by atoms with Crippen LogP contribution < -0.4 is 24.8 Å². The smallest absolute Gasteiger partial charge is 0.195 e. The summed E-state index contributed by atoms with van der Waals surface area (Å²) in [5.74, 6) is 2.87. The van der Waals surface area contributed by atoms with Crippen molar-refractivity contribution in [1.82, 2.24) is 5.32 Å². The zero-order chi connectivity index (χ0) is 20.2. The maximum atomic E-state index is 5.57. The summed E-state index contributed by atoms with van der Waals surface area (Å²) >= 11 is 0. The van der Waals surface area contributed by atoms with Crippen molar-refractivity contribution >= 4 is 35.6 Å². The lowest BCUT2D eigenvalue weighted by Crippen LogP contribution is -2.30. The molecule has 29 heavy (non-hydrogen) atoms. The fourth-order valence-corrected chi connectivity index (χ4v) is 2.47. The van der Waals surface area contributed by atoms with Gasteiger partial charge in [0.1, 0.15) is 12.4 Å². The molecule has 0 spiro atoms. The number of hydrogen-bond acceptors (Lipinski definition) is 5. The fraction of sp³-hybridized carbons (Fsp3) is 0.381. The van der Waals surface area contributed by atoms with E-state index in [1.807, 2.05) is 49.4 Å². The monoisotopic (exact) mass is 515 g/mol. The molecule has 0 atom stereocenters. The Hall–Kier alpha value is -2.20. The molecule has 0 aliphatic rings. The highest BCUT2D eigenvalue weighted by molar-refractivity contribution is 14.0. The highest BCUT2D eigenvalue weighted by Crippen LogP contribution is 2.30. The van der Waals surface area contributed by atoms with E-state index in [-0.39, 0.29) is 24.0 Å². The third-order valence-corrected chi connectivity index (χ3v) is 3.89. The molecule has 0 amide bonds. The largest absolute Gasteiger partial charge is 0.493 e. The third kappa shape index (κ3) is 8.36. The number of aliphatic imine (C=N–C) groups is 1. The quantitative estimate of drug-likeness (QED) is 0.216. The summed E-state index contributed by atoms with van der Waals surface area (Å²) < 4.78 is 21.5. The van der Waals surface area contributed by atoms with E-state index >= 15 is 0 Å². The van der Waals surface area contributed by atoms with E-state index in [2.05, 4.69) is 15.6 Å². The van der Waals surface area contributed by atoms with Crippen molar-refractivity contribution in [2.24, 2.45) is 4.99 Å². The molecular weight excluding hydrogens is 485 g/mol. The Morgan fingerprint density at radius 1 is 0.966 bits per heavy atom. The van der Waals surface area contributed by atoms with Crippen LogP contribution >= 0.6 is 24.0 Å². The van der Waals surface area contributed by atoms with E-state index in [0.29, 0.717) is 43.8 Å². The summed E-state index contributed by atoms with van der Waals surface area (Å²) in [6.45, 7) is 4.27. The van der Waals surface area contributed by atoms with Crippen LogP contribution in [0.4, 0.5) is 5.69 Å². The van der Waals surface area contributed by atoms with Gasteiger partial charge in [0.15, 0.2) is 17.5 Å². The summed E-state index contributed by atoms with van der Waals surface area (Å²) in [4.78, 5) is 4.26. The van der Waals surface area contributed by atoms with E-state index in [9.17, 15) is 0 Å². The van der Waals surface area contributed by atoms with Crippen LogP contribution in [0.3, 0.4) is 0 Å². The van der Waals surface area contributed by atoms with Gasteiger partial charge < -0.3 is 29.6 Å². The van der Waals surface area contributed by atoms with Crippen molar-refractivity contribution in [3.8, 4) is 17.2 Å². The molecule has 2 aromatic rings. The second-order valence-electron chi connectivity index (χ2n) is 5.83. The molecule has 2 rings (SSSR count). The normalized spacial score (nSPS) is 10.7. The molecule has 0 unspecified atom stereocenters. The molecule has 2 aromatic carbocycles. The van der Waals surface area contributed by atoms with Crippen LogP contribution in [0.1, 0.15) is 12.5 Å². The van der Waals surface area contributed by atoms with Gasteiger partial charge in [0.25, 0.3) is 0 Å². The molecule has 8 heteroatoms. The SMILES string of the molecule is CCOc1ccc(NC(=NC)NCc2ccc(OCCOC)cc2)cc1OC.I. The van der Waals surface area contributed by atoms with Crippen LogP contribution in [0.15, 0.2) is 47.5 Å². The zero-order valence-corrected chi connectivity index (χ0v) is 19.7. The number of nitrogens with one attached hydrogen (secondary N) is 2. The number of methoxy groups -OCH3 is 2. The molecule has 0 aliphatic heterocycles. The second-order valence-corrected chi connectivity index (χ2v) is 5.83. The number of ether oxygens (including phenoxy) is 4. The molecule has 0 fully saturated rings.